The summed E-state index contributed by atoms with van der Waals surface area (Å²) < 4.78 is 5.13. The lowest BCUT2D eigenvalue weighted by Crippen LogP contribution is -2.34. The number of methoxy groups -OCH3 is 1. The highest BCUT2D eigenvalue weighted by molar-refractivity contribution is 8.15. The molecule has 24 heavy (non-hydrogen) atoms. The molecule has 0 bridgehead atoms. The van der Waals surface area contributed by atoms with Crippen molar-refractivity contribution < 1.29 is 14.3 Å². The number of amides is 2. The van der Waals surface area contributed by atoms with Crippen molar-refractivity contribution in [3.8, 4) is 5.75 Å². The first-order valence-corrected chi connectivity index (χ1v) is 8.97. The van der Waals surface area contributed by atoms with Gasteiger partial charge in [-0.05, 0) is 30.5 Å². The second kappa shape index (κ2) is 7.70. The number of carbonyl (C=O) groups is 2. The minimum atomic E-state index is -0.314. The molecule has 1 aromatic rings. The highest BCUT2D eigenvalue weighted by Gasteiger charge is 2.40. The third kappa shape index (κ3) is 3.90. The van der Waals surface area contributed by atoms with Crippen LogP contribution in [0.3, 0.4) is 0 Å². The van der Waals surface area contributed by atoms with Gasteiger partial charge in [0.15, 0.2) is 5.17 Å². The largest absolute Gasteiger partial charge is 0.497 e. The molecule has 6 nitrogen and oxygen atoms in total. The zero-order valence-corrected chi connectivity index (χ0v) is 14.5. The summed E-state index contributed by atoms with van der Waals surface area (Å²) in [5.74, 6) is 0.790. The van der Waals surface area contributed by atoms with E-state index in [0.29, 0.717) is 19.6 Å². The van der Waals surface area contributed by atoms with E-state index in [1.807, 2.05) is 24.3 Å². The van der Waals surface area contributed by atoms with E-state index < -0.39 is 0 Å². The molecule has 2 amide bonds. The van der Waals surface area contributed by atoms with Crippen molar-refractivity contribution in [2.75, 3.05) is 26.7 Å². The van der Waals surface area contributed by atoms with E-state index in [0.717, 1.165) is 23.8 Å². The number of aliphatic imine (C=N–C) groups is 1. The number of hydrogen-bond donors (Lipinski definition) is 1. The Morgan fingerprint density at radius 3 is 2.92 bits per heavy atom. The standard InChI is InChI=1S/C17H21N3O3S/c1-23-13-6-4-12(5-7-13)3-2-8-18-15(21)11-14-16(22)20-10-9-19-17(20)24-14/h4-7,14H,2-3,8-11H2,1H3,(H,18,21)/t14-/m0/s1. The Morgan fingerprint density at radius 2 is 2.21 bits per heavy atom. The number of fused-ring (bicyclic) bond motifs is 1. The number of thioether (sulfide) groups is 1. The van der Waals surface area contributed by atoms with Crippen LogP contribution in [0.5, 0.6) is 5.75 Å². The number of nitrogens with one attached hydrogen (secondary N) is 1. The first-order chi connectivity index (χ1) is 11.7. The summed E-state index contributed by atoms with van der Waals surface area (Å²) in [6.07, 6.45) is 1.98. The quantitative estimate of drug-likeness (QED) is 0.758. The molecule has 1 saturated heterocycles. The number of rotatable bonds is 7. The van der Waals surface area contributed by atoms with Crippen molar-refractivity contribution in [1.29, 1.82) is 0 Å². The van der Waals surface area contributed by atoms with Crippen LogP contribution >= 0.6 is 11.8 Å². The topological polar surface area (TPSA) is 71.0 Å². The van der Waals surface area contributed by atoms with Crippen LogP contribution in [0.25, 0.3) is 0 Å². The van der Waals surface area contributed by atoms with Crippen LogP contribution in [0, 0.1) is 0 Å². The van der Waals surface area contributed by atoms with E-state index in [1.165, 1.54) is 17.3 Å². The molecule has 2 heterocycles. The van der Waals surface area contributed by atoms with Gasteiger partial charge in [0.25, 0.3) is 0 Å². The van der Waals surface area contributed by atoms with Crippen LogP contribution in [-0.4, -0.2) is 53.9 Å². The smallest absolute Gasteiger partial charge is 0.242 e. The molecule has 2 aliphatic heterocycles. The van der Waals surface area contributed by atoms with E-state index in [2.05, 4.69) is 10.3 Å². The van der Waals surface area contributed by atoms with Crippen molar-refractivity contribution in [3.05, 3.63) is 29.8 Å². The summed E-state index contributed by atoms with van der Waals surface area (Å²) in [7, 11) is 1.65. The van der Waals surface area contributed by atoms with Crippen molar-refractivity contribution >= 4 is 28.7 Å². The zero-order chi connectivity index (χ0) is 16.9. The number of amidine groups is 1. The molecule has 1 fully saturated rings. The fourth-order valence-electron chi connectivity index (χ4n) is 2.77. The van der Waals surface area contributed by atoms with Gasteiger partial charge in [-0.1, -0.05) is 23.9 Å². The van der Waals surface area contributed by atoms with Crippen LogP contribution in [-0.2, 0) is 16.0 Å². The predicted molar refractivity (Wildman–Crippen MR) is 94.3 cm³/mol. The second-order valence-corrected chi connectivity index (χ2v) is 6.94. The third-order valence-electron chi connectivity index (χ3n) is 4.08. The molecule has 7 heteroatoms. The minimum Gasteiger partial charge on any atom is -0.497 e. The van der Waals surface area contributed by atoms with Gasteiger partial charge in [0.05, 0.1) is 13.7 Å². The first kappa shape index (κ1) is 16.8. The Kier molecular flexibility index (Phi) is 5.40. The molecular weight excluding hydrogens is 326 g/mol. The van der Waals surface area contributed by atoms with Crippen molar-refractivity contribution in [2.45, 2.75) is 24.5 Å². The molecule has 0 spiro atoms. The number of hydrogen-bond acceptors (Lipinski definition) is 5. The zero-order valence-electron chi connectivity index (χ0n) is 13.7. The van der Waals surface area contributed by atoms with Crippen molar-refractivity contribution in [1.82, 2.24) is 10.2 Å². The van der Waals surface area contributed by atoms with Gasteiger partial charge in [-0.25, -0.2) is 0 Å². The van der Waals surface area contributed by atoms with Gasteiger partial charge in [-0.15, -0.1) is 0 Å². The number of benzene rings is 1. The summed E-state index contributed by atoms with van der Waals surface area (Å²) in [6, 6.07) is 7.93. The maximum atomic E-state index is 12.1. The molecular formula is C17H21N3O3S. The highest BCUT2D eigenvalue weighted by Crippen LogP contribution is 2.31. The fourth-order valence-corrected chi connectivity index (χ4v) is 3.96. The summed E-state index contributed by atoms with van der Waals surface area (Å²) in [5, 5.41) is 3.36. The van der Waals surface area contributed by atoms with Gasteiger partial charge in [-0.2, -0.15) is 0 Å². The van der Waals surface area contributed by atoms with Crippen molar-refractivity contribution in [3.63, 3.8) is 0 Å². The monoisotopic (exact) mass is 347 g/mol. The highest BCUT2D eigenvalue weighted by atomic mass is 32.2. The second-order valence-electron chi connectivity index (χ2n) is 5.77. The molecule has 1 N–H and O–H groups in total. The van der Waals surface area contributed by atoms with Crippen LogP contribution in [0.15, 0.2) is 29.3 Å². The molecule has 2 aliphatic rings. The van der Waals surface area contributed by atoms with E-state index in [4.69, 9.17) is 4.74 Å². The molecule has 0 unspecified atom stereocenters. The number of carbonyl (C=O) groups excluding carboxylic acids is 2. The fraction of sp³-hybridized carbons (Fsp3) is 0.471. The number of ether oxygens (including phenoxy) is 1. The maximum Gasteiger partial charge on any atom is 0.242 e. The van der Waals surface area contributed by atoms with Crippen LogP contribution in [0.1, 0.15) is 18.4 Å². The molecule has 0 aromatic heterocycles. The Balaban J connectivity index is 1.36. The number of nitrogens with zero attached hydrogens (tertiary/aromatic N) is 2. The van der Waals surface area contributed by atoms with Crippen LogP contribution in [0.2, 0.25) is 0 Å². The van der Waals surface area contributed by atoms with Gasteiger partial charge in [0, 0.05) is 19.5 Å². The average molecular weight is 347 g/mol. The van der Waals surface area contributed by atoms with Crippen molar-refractivity contribution in [2.24, 2.45) is 4.99 Å². The first-order valence-electron chi connectivity index (χ1n) is 8.09. The van der Waals surface area contributed by atoms with Gasteiger partial charge < -0.3 is 10.1 Å². The predicted octanol–water partition coefficient (Wildman–Crippen LogP) is 1.45. The molecule has 1 aromatic carbocycles. The molecule has 3 rings (SSSR count). The Labute approximate surface area is 145 Å². The lowest BCUT2D eigenvalue weighted by atomic mass is 10.1. The number of aryl methyl sites for hydroxylation is 1. The summed E-state index contributed by atoms with van der Waals surface area (Å²) >= 11 is 1.41. The van der Waals surface area contributed by atoms with Gasteiger partial charge in [-0.3, -0.25) is 19.5 Å². The van der Waals surface area contributed by atoms with Crippen LogP contribution in [0.4, 0.5) is 0 Å². The Hall–Kier alpha value is -2.02. The third-order valence-corrected chi connectivity index (χ3v) is 5.30. The van der Waals surface area contributed by atoms with E-state index in [9.17, 15) is 9.59 Å². The summed E-state index contributed by atoms with van der Waals surface area (Å²) in [4.78, 5) is 30.1. The van der Waals surface area contributed by atoms with Gasteiger partial charge in [0.2, 0.25) is 11.8 Å². The van der Waals surface area contributed by atoms with E-state index in [1.54, 1.807) is 12.0 Å². The molecule has 0 radical (unpaired) electrons. The lowest BCUT2D eigenvalue weighted by molar-refractivity contribution is -0.129. The SMILES string of the molecule is COc1ccc(CCCNC(=O)C[C@@H]2SC3=NCCN3C2=O)cc1. The molecule has 1 atom stereocenters. The Morgan fingerprint density at radius 1 is 1.42 bits per heavy atom. The maximum absolute atomic E-state index is 12.1. The van der Waals surface area contributed by atoms with Gasteiger partial charge in [0.1, 0.15) is 11.0 Å². The average Bonchev–Trinajstić information content (AvgIpc) is 3.16. The molecule has 0 aliphatic carbocycles. The molecule has 0 saturated carbocycles. The van der Waals surface area contributed by atoms with Crippen LogP contribution < -0.4 is 10.1 Å². The van der Waals surface area contributed by atoms with Gasteiger partial charge >= 0.3 is 0 Å². The van der Waals surface area contributed by atoms with E-state index >= 15 is 0 Å². The normalized spacial score (nSPS) is 19.2. The lowest BCUT2D eigenvalue weighted by Gasteiger charge is -2.10. The Bertz CT molecular complexity index is 645. The molecule has 128 valence electrons. The van der Waals surface area contributed by atoms with E-state index in [-0.39, 0.29) is 23.5 Å². The minimum absolute atomic E-state index is 0.0182. The summed E-state index contributed by atoms with van der Waals surface area (Å²) in [5.41, 5.74) is 1.21. The summed E-state index contributed by atoms with van der Waals surface area (Å²) in [6.45, 7) is 1.95.